The summed E-state index contributed by atoms with van der Waals surface area (Å²) in [5.41, 5.74) is 2.72. The van der Waals surface area contributed by atoms with Crippen LogP contribution in [0.4, 0.5) is 10.6 Å². The van der Waals surface area contributed by atoms with Gasteiger partial charge >= 0.3 is 6.09 Å². The lowest BCUT2D eigenvalue weighted by atomic mass is 10.1. The van der Waals surface area contributed by atoms with E-state index in [1.54, 1.807) is 29.8 Å². The molecule has 0 aliphatic carbocycles. The molecule has 0 aliphatic heterocycles. The molecule has 3 aromatic rings. The zero-order valence-electron chi connectivity index (χ0n) is 12.4. The minimum atomic E-state index is -0.512. The van der Waals surface area contributed by atoms with Crippen molar-refractivity contribution in [2.45, 2.75) is 13.8 Å². The van der Waals surface area contributed by atoms with Crippen molar-refractivity contribution in [2.75, 3.05) is 11.9 Å². The maximum absolute atomic E-state index is 11.8. The first-order valence-corrected chi connectivity index (χ1v) is 7.03. The van der Waals surface area contributed by atoms with Crippen molar-refractivity contribution in [1.29, 1.82) is 0 Å². The molecule has 3 rings (SSSR count). The SMILES string of the molecule is CCOC(=O)Nc1c(-c2ccc(C)cc2)nc2ncccn12. The number of anilines is 1. The molecule has 6 nitrogen and oxygen atoms in total. The van der Waals surface area contributed by atoms with Crippen LogP contribution < -0.4 is 5.32 Å². The van der Waals surface area contributed by atoms with E-state index in [9.17, 15) is 4.79 Å². The van der Waals surface area contributed by atoms with Gasteiger partial charge in [0.05, 0.1) is 6.61 Å². The summed E-state index contributed by atoms with van der Waals surface area (Å²) in [5.74, 6) is 1.07. The van der Waals surface area contributed by atoms with Crippen LogP contribution in [0.5, 0.6) is 0 Å². The zero-order chi connectivity index (χ0) is 15.5. The van der Waals surface area contributed by atoms with E-state index in [2.05, 4.69) is 15.3 Å². The molecule has 0 spiro atoms. The summed E-state index contributed by atoms with van der Waals surface area (Å²) < 4.78 is 6.69. The fraction of sp³-hybridized carbons (Fsp3) is 0.188. The van der Waals surface area contributed by atoms with Crippen LogP contribution in [0.3, 0.4) is 0 Å². The lowest BCUT2D eigenvalue weighted by Crippen LogP contribution is -2.15. The van der Waals surface area contributed by atoms with Gasteiger partial charge in [0, 0.05) is 18.0 Å². The molecule has 1 amide bonds. The Morgan fingerprint density at radius 1 is 1.32 bits per heavy atom. The maximum atomic E-state index is 11.8. The van der Waals surface area contributed by atoms with Crippen molar-refractivity contribution in [3.8, 4) is 11.3 Å². The van der Waals surface area contributed by atoms with E-state index in [1.165, 1.54) is 0 Å². The molecule has 0 aliphatic rings. The number of ether oxygens (including phenoxy) is 1. The summed E-state index contributed by atoms with van der Waals surface area (Å²) in [7, 11) is 0. The number of fused-ring (bicyclic) bond motifs is 1. The van der Waals surface area contributed by atoms with Crippen molar-refractivity contribution in [3.63, 3.8) is 0 Å². The summed E-state index contributed by atoms with van der Waals surface area (Å²) >= 11 is 0. The molecule has 112 valence electrons. The standard InChI is InChI=1S/C16H16N4O2/c1-3-22-16(21)19-14-13(12-7-5-11(2)6-8-12)18-15-17-9-4-10-20(14)15/h4-10H,3H2,1-2H3,(H,19,21). The van der Waals surface area contributed by atoms with Gasteiger partial charge in [-0.1, -0.05) is 29.8 Å². The molecule has 22 heavy (non-hydrogen) atoms. The van der Waals surface area contributed by atoms with E-state index in [0.717, 1.165) is 11.1 Å². The first-order chi connectivity index (χ1) is 10.7. The number of benzene rings is 1. The monoisotopic (exact) mass is 296 g/mol. The highest BCUT2D eigenvalue weighted by molar-refractivity contribution is 5.90. The Morgan fingerprint density at radius 2 is 2.09 bits per heavy atom. The number of hydrogen-bond acceptors (Lipinski definition) is 4. The van der Waals surface area contributed by atoms with Gasteiger partial charge in [-0.15, -0.1) is 0 Å². The molecular formula is C16H16N4O2. The first-order valence-electron chi connectivity index (χ1n) is 7.03. The first kappa shape index (κ1) is 14.1. The van der Waals surface area contributed by atoms with Crippen LogP contribution in [0.25, 0.3) is 17.0 Å². The Kier molecular flexibility index (Phi) is 3.74. The summed E-state index contributed by atoms with van der Waals surface area (Å²) in [5, 5.41) is 2.75. The highest BCUT2D eigenvalue weighted by atomic mass is 16.5. The van der Waals surface area contributed by atoms with Crippen LogP contribution in [0.2, 0.25) is 0 Å². The molecule has 0 fully saturated rings. The maximum Gasteiger partial charge on any atom is 0.412 e. The van der Waals surface area contributed by atoms with Crippen LogP contribution in [-0.4, -0.2) is 27.1 Å². The summed E-state index contributed by atoms with van der Waals surface area (Å²) in [6, 6.07) is 9.71. The topological polar surface area (TPSA) is 68.5 Å². The predicted molar refractivity (Wildman–Crippen MR) is 83.8 cm³/mol. The lowest BCUT2D eigenvalue weighted by molar-refractivity contribution is 0.168. The zero-order valence-corrected chi connectivity index (χ0v) is 12.4. The van der Waals surface area contributed by atoms with E-state index < -0.39 is 6.09 Å². The molecule has 0 bridgehead atoms. The third-order valence-corrected chi connectivity index (χ3v) is 3.22. The quantitative estimate of drug-likeness (QED) is 0.805. The average Bonchev–Trinajstić information content (AvgIpc) is 2.87. The molecule has 1 aromatic carbocycles. The third-order valence-electron chi connectivity index (χ3n) is 3.22. The Hall–Kier alpha value is -2.89. The molecule has 0 atom stereocenters. The van der Waals surface area contributed by atoms with Gasteiger partial charge in [0.25, 0.3) is 0 Å². The van der Waals surface area contributed by atoms with Gasteiger partial charge in [-0.05, 0) is 19.9 Å². The number of aryl methyl sites for hydroxylation is 1. The van der Waals surface area contributed by atoms with Crippen molar-refractivity contribution in [3.05, 3.63) is 48.3 Å². The molecule has 0 radical (unpaired) electrons. The van der Waals surface area contributed by atoms with Crippen molar-refractivity contribution >= 4 is 17.7 Å². The minimum absolute atomic E-state index is 0.306. The van der Waals surface area contributed by atoms with Gasteiger partial charge in [-0.2, -0.15) is 0 Å². The molecule has 2 aromatic heterocycles. The number of imidazole rings is 1. The molecule has 0 unspecified atom stereocenters. The molecular weight excluding hydrogens is 280 g/mol. The number of nitrogens with one attached hydrogen (secondary N) is 1. The van der Waals surface area contributed by atoms with Gasteiger partial charge in [-0.25, -0.2) is 14.8 Å². The van der Waals surface area contributed by atoms with E-state index >= 15 is 0 Å². The minimum Gasteiger partial charge on any atom is -0.450 e. The Bertz CT molecular complexity index is 809. The normalized spacial score (nSPS) is 10.6. The smallest absolute Gasteiger partial charge is 0.412 e. The van der Waals surface area contributed by atoms with Crippen LogP contribution in [0.1, 0.15) is 12.5 Å². The Balaban J connectivity index is 2.11. The fourth-order valence-corrected chi connectivity index (χ4v) is 2.18. The summed E-state index contributed by atoms with van der Waals surface area (Å²) in [6.45, 7) is 4.09. The van der Waals surface area contributed by atoms with Gasteiger partial charge in [0.1, 0.15) is 11.5 Å². The van der Waals surface area contributed by atoms with Crippen molar-refractivity contribution in [2.24, 2.45) is 0 Å². The van der Waals surface area contributed by atoms with Crippen LogP contribution >= 0.6 is 0 Å². The fourth-order valence-electron chi connectivity index (χ4n) is 2.18. The number of hydrogen-bond donors (Lipinski definition) is 1. The van der Waals surface area contributed by atoms with E-state index in [1.807, 2.05) is 31.2 Å². The number of carbonyl (C=O) groups excluding carboxylic acids is 1. The van der Waals surface area contributed by atoms with Crippen molar-refractivity contribution in [1.82, 2.24) is 14.4 Å². The van der Waals surface area contributed by atoms with Crippen LogP contribution in [0, 0.1) is 6.92 Å². The number of rotatable bonds is 3. The molecule has 2 heterocycles. The second-order valence-corrected chi connectivity index (χ2v) is 4.81. The summed E-state index contributed by atoms with van der Waals surface area (Å²) in [4.78, 5) is 20.5. The molecule has 0 saturated heterocycles. The number of aromatic nitrogens is 3. The highest BCUT2D eigenvalue weighted by Gasteiger charge is 2.17. The van der Waals surface area contributed by atoms with Crippen LogP contribution in [-0.2, 0) is 4.74 Å². The van der Waals surface area contributed by atoms with Gasteiger partial charge in [-0.3, -0.25) is 9.72 Å². The summed E-state index contributed by atoms with van der Waals surface area (Å²) in [6.07, 6.45) is 2.95. The van der Waals surface area contributed by atoms with Crippen LogP contribution in [0.15, 0.2) is 42.7 Å². The molecule has 0 saturated carbocycles. The highest BCUT2D eigenvalue weighted by Crippen LogP contribution is 2.28. The molecule has 1 N–H and O–H groups in total. The number of nitrogens with zero attached hydrogens (tertiary/aromatic N) is 3. The van der Waals surface area contributed by atoms with E-state index in [-0.39, 0.29) is 0 Å². The Morgan fingerprint density at radius 3 is 2.82 bits per heavy atom. The van der Waals surface area contributed by atoms with Gasteiger partial charge in [0.2, 0.25) is 5.78 Å². The van der Waals surface area contributed by atoms with Crippen molar-refractivity contribution < 1.29 is 9.53 Å². The van der Waals surface area contributed by atoms with Gasteiger partial charge in [0.15, 0.2) is 0 Å². The number of carbonyl (C=O) groups is 1. The van der Waals surface area contributed by atoms with E-state index in [4.69, 9.17) is 4.74 Å². The predicted octanol–water partition coefficient (Wildman–Crippen LogP) is 3.27. The molecule has 6 heteroatoms. The average molecular weight is 296 g/mol. The second kappa shape index (κ2) is 5.85. The van der Waals surface area contributed by atoms with Gasteiger partial charge < -0.3 is 4.74 Å². The van der Waals surface area contributed by atoms with E-state index in [0.29, 0.717) is 23.9 Å². The Labute approximate surface area is 127 Å². The largest absolute Gasteiger partial charge is 0.450 e. The third kappa shape index (κ3) is 2.63. The second-order valence-electron chi connectivity index (χ2n) is 4.81. The lowest BCUT2D eigenvalue weighted by Gasteiger charge is -2.07. The number of amides is 1.